The van der Waals surface area contributed by atoms with Crippen LogP contribution in [-0.4, -0.2) is 19.0 Å². The summed E-state index contributed by atoms with van der Waals surface area (Å²) in [7, 11) is 0. The van der Waals surface area contributed by atoms with Gasteiger partial charge in [0.1, 0.15) is 0 Å². The van der Waals surface area contributed by atoms with Gasteiger partial charge >= 0.3 is 6.18 Å². The zero-order valence-electron chi connectivity index (χ0n) is 13.2. The molecule has 0 radical (unpaired) electrons. The monoisotopic (exact) mass is 328 g/mol. The van der Waals surface area contributed by atoms with Crippen molar-refractivity contribution in [1.29, 1.82) is 0 Å². The highest BCUT2D eigenvalue weighted by molar-refractivity contribution is 5.79. The second-order valence-electron chi connectivity index (χ2n) is 6.02. The van der Waals surface area contributed by atoms with Crippen LogP contribution in [0, 0.1) is 5.92 Å². The molecule has 1 fully saturated rings. The van der Waals surface area contributed by atoms with Crippen LogP contribution in [0.5, 0.6) is 0 Å². The van der Waals surface area contributed by atoms with Gasteiger partial charge in [0.15, 0.2) is 0 Å². The van der Waals surface area contributed by atoms with E-state index in [2.05, 4.69) is 10.6 Å². The molecule has 2 rings (SSSR count). The predicted molar refractivity (Wildman–Crippen MR) is 82.8 cm³/mol. The van der Waals surface area contributed by atoms with Crippen LogP contribution in [0.3, 0.4) is 0 Å². The number of carbonyl (C=O) groups excluding carboxylic acids is 1. The first-order valence-electron chi connectivity index (χ1n) is 8.10. The van der Waals surface area contributed by atoms with E-state index in [0.29, 0.717) is 18.5 Å². The first-order chi connectivity index (χ1) is 10.9. The first kappa shape index (κ1) is 17.8. The normalized spacial score (nSPS) is 20.1. The molecule has 1 aromatic carbocycles. The Kier molecular flexibility index (Phi) is 6.04. The SMILES string of the molecule is CCCC(NC(=O)C1CCCNC1)c1cccc(C(F)(F)F)c1. The Bertz CT molecular complexity index is 525. The quantitative estimate of drug-likeness (QED) is 0.866. The van der Waals surface area contributed by atoms with Crippen LogP contribution in [0.4, 0.5) is 13.2 Å². The summed E-state index contributed by atoms with van der Waals surface area (Å²) in [5, 5.41) is 6.12. The molecule has 1 aliphatic rings. The van der Waals surface area contributed by atoms with Gasteiger partial charge in [0.25, 0.3) is 0 Å². The predicted octanol–water partition coefficient (Wildman–Crippen LogP) is 3.66. The lowest BCUT2D eigenvalue weighted by molar-refractivity contribution is -0.137. The van der Waals surface area contributed by atoms with Gasteiger partial charge in [0, 0.05) is 6.54 Å². The van der Waals surface area contributed by atoms with Gasteiger partial charge in [-0.2, -0.15) is 13.2 Å². The van der Waals surface area contributed by atoms with E-state index in [-0.39, 0.29) is 17.9 Å². The van der Waals surface area contributed by atoms with Crippen LogP contribution < -0.4 is 10.6 Å². The second-order valence-corrected chi connectivity index (χ2v) is 6.02. The number of hydrogen-bond donors (Lipinski definition) is 2. The molecule has 0 saturated carbocycles. The van der Waals surface area contributed by atoms with Crippen LogP contribution in [0.1, 0.15) is 49.8 Å². The maximum Gasteiger partial charge on any atom is 0.416 e. The summed E-state index contributed by atoms with van der Waals surface area (Å²) in [5.41, 5.74) is -0.163. The van der Waals surface area contributed by atoms with Gasteiger partial charge in [-0.15, -0.1) is 0 Å². The number of halogens is 3. The van der Waals surface area contributed by atoms with Gasteiger partial charge in [-0.1, -0.05) is 25.5 Å². The van der Waals surface area contributed by atoms with Crippen LogP contribution in [0.25, 0.3) is 0 Å². The zero-order chi connectivity index (χ0) is 16.9. The maximum absolute atomic E-state index is 12.9. The average molecular weight is 328 g/mol. The number of piperidine rings is 1. The molecule has 6 heteroatoms. The van der Waals surface area contributed by atoms with Crippen LogP contribution >= 0.6 is 0 Å². The fourth-order valence-corrected chi connectivity index (χ4v) is 2.91. The number of amides is 1. The molecular weight excluding hydrogens is 305 g/mol. The highest BCUT2D eigenvalue weighted by atomic mass is 19.4. The highest BCUT2D eigenvalue weighted by Crippen LogP contribution is 2.31. The van der Waals surface area contributed by atoms with Crippen molar-refractivity contribution in [3.05, 3.63) is 35.4 Å². The minimum Gasteiger partial charge on any atom is -0.349 e. The van der Waals surface area contributed by atoms with E-state index >= 15 is 0 Å². The average Bonchev–Trinajstić information content (AvgIpc) is 2.54. The lowest BCUT2D eigenvalue weighted by Gasteiger charge is -2.26. The molecular formula is C17H23F3N2O. The van der Waals surface area contributed by atoms with Crippen molar-refractivity contribution in [1.82, 2.24) is 10.6 Å². The van der Waals surface area contributed by atoms with Crippen molar-refractivity contribution >= 4 is 5.91 Å². The number of nitrogens with one attached hydrogen (secondary N) is 2. The van der Waals surface area contributed by atoms with Crippen molar-refractivity contribution in [2.24, 2.45) is 5.92 Å². The lowest BCUT2D eigenvalue weighted by atomic mass is 9.96. The fourth-order valence-electron chi connectivity index (χ4n) is 2.91. The first-order valence-corrected chi connectivity index (χ1v) is 8.10. The van der Waals surface area contributed by atoms with E-state index < -0.39 is 11.7 Å². The Hall–Kier alpha value is -1.56. The summed E-state index contributed by atoms with van der Waals surface area (Å²) in [6.45, 7) is 3.50. The van der Waals surface area contributed by atoms with E-state index in [4.69, 9.17) is 0 Å². The minimum absolute atomic E-state index is 0.0759. The highest BCUT2D eigenvalue weighted by Gasteiger charge is 2.31. The Morgan fingerprint density at radius 1 is 1.43 bits per heavy atom. The number of benzene rings is 1. The molecule has 2 atom stereocenters. The fraction of sp³-hybridized carbons (Fsp3) is 0.588. The zero-order valence-corrected chi connectivity index (χ0v) is 13.2. The third-order valence-corrected chi connectivity index (χ3v) is 4.18. The van der Waals surface area contributed by atoms with Crippen molar-refractivity contribution < 1.29 is 18.0 Å². The number of alkyl halides is 3. The van der Waals surface area contributed by atoms with Gasteiger partial charge in [-0.05, 0) is 43.5 Å². The molecule has 1 aromatic rings. The largest absolute Gasteiger partial charge is 0.416 e. The molecule has 1 amide bonds. The topological polar surface area (TPSA) is 41.1 Å². The molecule has 1 saturated heterocycles. The van der Waals surface area contributed by atoms with Crippen molar-refractivity contribution in [2.75, 3.05) is 13.1 Å². The summed E-state index contributed by atoms with van der Waals surface area (Å²) >= 11 is 0. The molecule has 0 bridgehead atoms. The molecule has 0 spiro atoms. The van der Waals surface area contributed by atoms with Crippen molar-refractivity contribution in [3.63, 3.8) is 0 Å². The third-order valence-electron chi connectivity index (χ3n) is 4.18. The number of rotatable bonds is 5. The van der Waals surface area contributed by atoms with Crippen LogP contribution in [0.2, 0.25) is 0 Å². The van der Waals surface area contributed by atoms with Gasteiger partial charge in [-0.3, -0.25) is 4.79 Å². The van der Waals surface area contributed by atoms with E-state index in [1.54, 1.807) is 6.07 Å². The Morgan fingerprint density at radius 2 is 2.22 bits per heavy atom. The number of carbonyl (C=O) groups is 1. The molecule has 1 heterocycles. The summed E-state index contributed by atoms with van der Waals surface area (Å²) in [6.07, 6.45) is -1.21. The molecule has 23 heavy (non-hydrogen) atoms. The number of hydrogen-bond acceptors (Lipinski definition) is 2. The molecule has 0 aliphatic carbocycles. The van der Waals surface area contributed by atoms with Crippen LogP contribution in [-0.2, 0) is 11.0 Å². The summed E-state index contributed by atoms with van der Waals surface area (Å²) < 4.78 is 38.6. The van der Waals surface area contributed by atoms with Gasteiger partial charge in [0.2, 0.25) is 5.91 Å². The van der Waals surface area contributed by atoms with Crippen molar-refractivity contribution in [2.45, 2.75) is 44.8 Å². The molecule has 0 aromatic heterocycles. The summed E-state index contributed by atoms with van der Waals surface area (Å²) in [4.78, 5) is 12.4. The Balaban J connectivity index is 2.12. The summed E-state index contributed by atoms with van der Waals surface area (Å²) in [5.74, 6) is -0.179. The van der Waals surface area contributed by atoms with Crippen LogP contribution in [0.15, 0.2) is 24.3 Å². The summed E-state index contributed by atoms with van der Waals surface area (Å²) in [6, 6.07) is 4.86. The lowest BCUT2D eigenvalue weighted by Crippen LogP contribution is -2.41. The van der Waals surface area contributed by atoms with Crippen molar-refractivity contribution in [3.8, 4) is 0 Å². The smallest absolute Gasteiger partial charge is 0.349 e. The second kappa shape index (κ2) is 7.81. The molecule has 128 valence electrons. The van der Waals surface area contributed by atoms with Gasteiger partial charge in [0.05, 0.1) is 17.5 Å². The van der Waals surface area contributed by atoms with E-state index in [0.717, 1.165) is 37.9 Å². The van der Waals surface area contributed by atoms with Gasteiger partial charge in [-0.25, -0.2) is 0 Å². The van der Waals surface area contributed by atoms with E-state index in [1.807, 2.05) is 6.92 Å². The standard InChI is InChI=1S/C17H23F3N2O/c1-2-5-15(22-16(23)13-7-4-9-21-11-13)12-6-3-8-14(10-12)17(18,19)20/h3,6,8,10,13,15,21H,2,4-5,7,9,11H2,1H3,(H,22,23). The molecule has 3 nitrogen and oxygen atoms in total. The van der Waals surface area contributed by atoms with Gasteiger partial charge < -0.3 is 10.6 Å². The Labute approximate surface area is 134 Å². The minimum atomic E-state index is -4.37. The van der Waals surface area contributed by atoms with E-state index in [1.165, 1.54) is 6.07 Å². The molecule has 1 aliphatic heterocycles. The maximum atomic E-state index is 12.9. The Morgan fingerprint density at radius 3 is 2.83 bits per heavy atom. The third kappa shape index (κ3) is 4.96. The van der Waals surface area contributed by atoms with E-state index in [9.17, 15) is 18.0 Å². The molecule has 2 unspecified atom stereocenters. The molecule has 2 N–H and O–H groups in total.